The number of carbonyl (C=O) groups is 2. The van der Waals surface area contributed by atoms with Crippen LogP contribution in [0.4, 0.5) is 0 Å². The zero-order chi connectivity index (χ0) is 32.2. The third-order valence-electron chi connectivity index (χ3n) is 8.61. The maximum Gasteiger partial charge on any atom is 0.339 e. The molecule has 2 aromatic rings. The SMILES string of the molecule is COCCCN1C2=C(C(=O)CC(C)(C)C2)C(c2cc(Cl)c(OS(=O)(=O)c3ccc(C)cc3)c(Cl)c2)C2=C1CC(C)(C)CC2=O. The quantitative estimate of drug-likeness (QED) is 0.211. The molecule has 0 spiro atoms. The molecular weight excluding hydrogens is 621 g/mol. The van der Waals surface area contributed by atoms with E-state index in [9.17, 15) is 18.0 Å². The number of allylic oxidation sites excluding steroid dienone is 4. The predicted molar refractivity (Wildman–Crippen MR) is 171 cm³/mol. The molecule has 236 valence electrons. The third kappa shape index (κ3) is 6.37. The van der Waals surface area contributed by atoms with E-state index in [0.717, 1.165) is 23.4 Å². The number of carbonyl (C=O) groups excluding carboxylic acids is 2. The van der Waals surface area contributed by atoms with Crippen molar-refractivity contribution in [3.05, 3.63) is 80.1 Å². The summed E-state index contributed by atoms with van der Waals surface area (Å²) in [6.07, 6.45) is 2.75. The Morgan fingerprint density at radius 2 is 1.36 bits per heavy atom. The van der Waals surface area contributed by atoms with E-state index < -0.39 is 16.0 Å². The van der Waals surface area contributed by atoms with Crippen LogP contribution in [0.3, 0.4) is 0 Å². The summed E-state index contributed by atoms with van der Waals surface area (Å²) in [4.78, 5) is 30.2. The molecule has 5 rings (SSSR count). The second-order valence-corrected chi connectivity index (χ2v) is 16.1. The lowest BCUT2D eigenvalue weighted by Gasteiger charge is -2.49. The Balaban J connectivity index is 1.65. The Hall–Kier alpha value is -2.65. The zero-order valence-electron chi connectivity index (χ0n) is 26.1. The molecule has 0 saturated carbocycles. The average Bonchev–Trinajstić information content (AvgIpc) is 2.90. The molecule has 0 bridgehead atoms. The number of aryl methyl sites for hydroxylation is 1. The van der Waals surface area contributed by atoms with Gasteiger partial charge in [0.1, 0.15) is 4.90 Å². The highest BCUT2D eigenvalue weighted by atomic mass is 35.5. The molecular formula is C34H39Cl2NO6S. The van der Waals surface area contributed by atoms with Crippen LogP contribution in [0.15, 0.2) is 63.8 Å². The van der Waals surface area contributed by atoms with Gasteiger partial charge < -0.3 is 13.8 Å². The lowest BCUT2D eigenvalue weighted by atomic mass is 9.63. The van der Waals surface area contributed by atoms with Gasteiger partial charge in [-0.15, -0.1) is 0 Å². The summed E-state index contributed by atoms with van der Waals surface area (Å²) in [5.41, 5.74) is 3.95. The van der Waals surface area contributed by atoms with Gasteiger partial charge in [-0.3, -0.25) is 9.59 Å². The van der Waals surface area contributed by atoms with E-state index in [4.69, 9.17) is 32.1 Å². The molecule has 0 N–H and O–H groups in total. The van der Waals surface area contributed by atoms with Crippen molar-refractivity contribution in [2.24, 2.45) is 10.8 Å². The van der Waals surface area contributed by atoms with Crippen LogP contribution < -0.4 is 4.18 Å². The normalized spacial score (nSPS) is 20.1. The van der Waals surface area contributed by atoms with E-state index in [2.05, 4.69) is 32.6 Å². The highest BCUT2D eigenvalue weighted by Gasteiger charge is 2.49. The molecule has 1 aliphatic heterocycles. The number of methoxy groups -OCH3 is 1. The van der Waals surface area contributed by atoms with Gasteiger partial charge >= 0.3 is 10.1 Å². The molecule has 10 heteroatoms. The second kappa shape index (κ2) is 11.9. The first-order chi connectivity index (χ1) is 20.5. The first-order valence-corrected chi connectivity index (χ1v) is 17.0. The van der Waals surface area contributed by atoms with Crippen LogP contribution in [0.1, 0.15) is 76.8 Å². The third-order valence-corrected chi connectivity index (χ3v) is 10.4. The fraction of sp³-hybridized carbons (Fsp3) is 0.471. The predicted octanol–water partition coefficient (Wildman–Crippen LogP) is 7.79. The van der Waals surface area contributed by atoms with Gasteiger partial charge in [-0.2, -0.15) is 8.42 Å². The van der Waals surface area contributed by atoms with E-state index >= 15 is 0 Å². The molecule has 0 atom stereocenters. The number of hydrogen-bond acceptors (Lipinski definition) is 7. The van der Waals surface area contributed by atoms with Crippen LogP contribution in [0.25, 0.3) is 0 Å². The van der Waals surface area contributed by atoms with Crippen molar-refractivity contribution in [1.82, 2.24) is 4.90 Å². The van der Waals surface area contributed by atoms with E-state index in [1.807, 2.05) is 6.92 Å². The van der Waals surface area contributed by atoms with Crippen LogP contribution in [-0.2, 0) is 24.4 Å². The van der Waals surface area contributed by atoms with Gasteiger partial charge in [-0.05, 0) is 66.8 Å². The number of halogens is 2. The zero-order valence-corrected chi connectivity index (χ0v) is 28.4. The molecule has 3 aliphatic rings. The minimum absolute atomic E-state index is 0.0169. The van der Waals surface area contributed by atoms with Crippen molar-refractivity contribution in [2.75, 3.05) is 20.3 Å². The van der Waals surface area contributed by atoms with Gasteiger partial charge in [-0.25, -0.2) is 0 Å². The Morgan fingerprint density at radius 1 is 0.864 bits per heavy atom. The van der Waals surface area contributed by atoms with Gasteiger partial charge in [0.25, 0.3) is 0 Å². The van der Waals surface area contributed by atoms with Gasteiger partial charge in [0.05, 0.1) is 10.0 Å². The number of nitrogens with zero attached hydrogens (tertiary/aromatic N) is 1. The van der Waals surface area contributed by atoms with E-state index in [1.54, 1.807) is 31.4 Å². The Morgan fingerprint density at radius 3 is 1.84 bits per heavy atom. The molecule has 0 saturated heterocycles. The van der Waals surface area contributed by atoms with Crippen molar-refractivity contribution in [2.45, 2.75) is 77.5 Å². The summed E-state index contributed by atoms with van der Waals surface area (Å²) in [6.45, 7) is 11.4. The molecule has 44 heavy (non-hydrogen) atoms. The topological polar surface area (TPSA) is 90.0 Å². The Bertz CT molecular complexity index is 1610. The van der Waals surface area contributed by atoms with Crippen LogP contribution in [0, 0.1) is 17.8 Å². The summed E-state index contributed by atoms with van der Waals surface area (Å²) in [5.74, 6) is -0.915. The highest BCUT2D eigenvalue weighted by Crippen LogP contribution is 2.55. The average molecular weight is 661 g/mol. The smallest absolute Gasteiger partial charge is 0.339 e. The first-order valence-electron chi connectivity index (χ1n) is 14.8. The number of benzene rings is 2. The lowest BCUT2D eigenvalue weighted by Crippen LogP contribution is -2.44. The van der Waals surface area contributed by atoms with Crippen LogP contribution in [0.5, 0.6) is 5.75 Å². The monoisotopic (exact) mass is 659 g/mol. The van der Waals surface area contributed by atoms with Crippen molar-refractivity contribution in [3.63, 3.8) is 0 Å². The summed E-state index contributed by atoms with van der Waals surface area (Å²) in [5, 5.41) is -0.0515. The lowest BCUT2D eigenvalue weighted by molar-refractivity contribution is -0.119. The minimum atomic E-state index is -4.23. The molecule has 0 fully saturated rings. The van der Waals surface area contributed by atoms with Gasteiger partial charge in [0.2, 0.25) is 0 Å². The summed E-state index contributed by atoms with van der Waals surface area (Å²) >= 11 is 13.4. The van der Waals surface area contributed by atoms with Crippen molar-refractivity contribution in [1.29, 1.82) is 0 Å². The fourth-order valence-corrected chi connectivity index (χ4v) is 8.34. The Labute approximate surface area is 270 Å². The van der Waals surface area contributed by atoms with Crippen LogP contribution in [-0.4, -0.2) is 45.1 Å². The molecule has 1 heterocycles. The van der Waals surface area contributed by atoms with Crippen molar-refractivity contribution in [3.8, 4) is 5.75 Å². The Kier molecular flexibility index (Phi) is 8.88. The number of ether oxygens (including phenoxy) is 1. The van der Waals surface area contributed by atoms with Crippen LogP contribution in [0.2, 0.25) is 10.0 Å². The van der Waals surface area contributed by atoms with Crippen LogP contribution >= 0.6 is 23.2 Å². The van der Waals surface area contributed by atoms with E-state index in [-0.39, 0.29) is 43.1 Å². The van der Waals surface area contributed by atoms with Crippen molar-refractivity contribution >= 4 is 44.9 Å². The molecule has 2 aromatic carbocycles. The molecule has 0 radical (unpaired) electrons. The number of rotatable bonds is 8. The van der Waals surface area contributed by atoms with Crippen molar-refractivity contribution < 1.29 is 26.9 Å². The fourth-order valence-electron chi connectivity index (χ4n) is 6.71. The summed E-state index contributed by atoms with van der Waals surface area (Å²) in [7, 11) is -2.56. The standard InChI is InChI=1S/C34H39Cl2NO6S/c1-20-8-10-22(11-9-20)44(40,41)43-32-23(35)14-21(15-24(32)36)29-30-25(16-33(2,3)18-27(30)38)37(12-7-13-42-6)26-17-34(4,5)19-28(39)31(26)29/h8-11,14-15,29H,7,12-13,16-19H2,1-6H3. The molecule has 0 aromatic heterocycles. The maximum atomic E-state index is 14.0. The minimum Gasteiger partial charge on any atom is -0.385 e. The molecule has 0 unspecified atom stereocenters. The number of Topliss-reactive ketones (excluding diaryl/α,β-unsaturated/α-hetero) is 2. The number of ketones is 2. The summed E-state index contributed by atoms with van der Waals surface area (Å²) < 4.78 is 36.9. The van der Waals surface area contributed by atoms with Gasteiger partial charge in [0.15, 0.2) is 17.3 Å². The molecule has 7 nitrogen and oxygen atoms in total. The number of hydrogen-bond donors (Lipinski definition) is 0. The molecule has 0 amide bonds. The van der Waals surface area contributed by atoms with E-state index in [0.29, 0.717) is 55.5 Å². The largest absolute Gasteiger partial charge is 0.385 e. The highest BCUT2D eigenvalue weighted by molar-refractivity contribution is 7.87. The van der Waals surface area contributed by atoms with E-state index in [1.165, 1.54) is 12.1 Å². The maximum absolute atomic E-state index is 14.0. The first kappa shape index (κ1) is 32.7. The second-order valence-electron chi connectivity index (χ2n) is 13.7. The van der Waals surface area contributed by atoms with Gasteiger partial charge in [0, 0.05) is 61.6 Å². The van der Waals surface area contributed by atoms with Gasteiger partial charge in [-0.1, -0.05) is 68.6 Å². The molecule has 2 aliphatic carbocycles. The summed E-state index contributed by atoms with van der Waals surface area (Å²) in [6, 6.07) is 9.41.